The molecule has 19 heavy (non-hydrogen) atoms. The molecule has 0 amide bonds. The Kier molecular flexibility index (Phi) is 4.72. The van der Waals surface area contributed by atoms with Crippen LogP contribution in [0.1, 0.15) is 16.0 Å². The molecule has 0 bridgehead atoms. The van der Waals surface area contributed by atoms with E-state index in [1.807, 2.05) is 42.5 Å². The average Bonchev–Trinajstić information content (AvgIpc) is 2.46. The van der Waals surface area contributed by atoms with Crippen molar-refractivity contribution in [2.24, 2.45) is 0 Å². The van der Waals surface area contributed by atoms with Gasteiger partial charge < -0.3 is 9.47 Å². The molecule has 0 radical (unpaired) electrons. The molecule has 2 rings (SSSR count). The molecule has 2 nitrogen and oxygen atoms in total. The lowest BCUT2D eigenvalue weighted by atomic mass is 10.0. The quantitative estimate of drug-likeness (QED) is 0.741. The molecular formula is C15H14BrClO2. The molecule has 0 aliphatic carbocycles. The van der Waals surface area contributed by atoms with Gasteiger partial charge in [-0.25, -0.2) is 0 Å². The highest BCUT2D eigenvalue weighted by molar-refractivity contribution is 9.09. The number of ether oxygens (including phenoxy) is 2. The van der Waals surface area contributed by atoms with Crippen LogP contribution >= 0.6 is 27.5 Å². The fourth-order valence-corrected chi connectivity index (χ4v) is 2.55. The van der Waals surface area contributed by atoms with Gasteiger partial charge in [-0.3, -0.25) is 0 Å². The molecule has 2 aromatic rings. The van der Waals surface area contributed by atoms with Crippen molar-refractivity contribution in [2.45, 2.75) is 4.83 Å². The molecule has 2 aromatic carbocycles. The van der Waals surface area contributed by atoms with Crippen LogP contribution in [-0.2, 0) is 0 Å². The van der Waals surface area contributed by atoms with Gasteiger partial charge in [0.05, 0.1) is 19.0 Å². The Morgan fingerprint density at radius 3 is 2.05 bits per heavy atom. The van der Waals surface area contributed by atoms with Gasteiger partial charge in [-0.2, -0.15) is 0 Å². The number of benzene rings is 2. The zero-order valence-electron chi connectivity index (χ0n) is 10.7. The van der Waals surface area contributed by atoms with Crippen LogP contribution in [0.25, 0.3) is 0 Å². The summed E-state index contributed by atoms with van der Waals surface area (Å²) in [4.78, 5) is 0.0876. The average molecular weight is 342 g/mol. The Balaban J connectivity index is 2.33. The van der Waals surface area contributed by atoms with Gasteiger partial charge in [0.1, 0.15) is 0 Å². The van der Waals surface area contributed by atoms with Gasteiger partial charge in [0.25, 0.3) is 0 Å². The Morgan fingerprint density at radius 2 is 1.47 bits per heavy atom. The van der Waals surface area contributed by atoms with Crippen molar-refractivity contribution in [3.8, 4) is 11.5 Å². The maximum absolute atomic E-state index is 5.90. The van der Waals surface area contributed by atoms with E-state index in [0.717, 1.165) is 27.6 Å². The zero-order chi connectivity index (χ0) is 13.8. The van der Waals surface area contributed by atoms with Crippen LogP contribution in [-0.4, -0.2) is 14.2 Å². The van der Waals surface area contributed by atoms with Crippen molar-refractivity contribution >= 4 is 27.5 Å². The Hall–Kier alpha value is -1.19. The van der Waals surface area contributed by atoms with Crippen molar-refractivity contribution in [3.63, 3.8) is 0 Å². The smallest absolute Gasteiger partial charge is 0.161 e. The summed E-state index contributed by atoms with van der Waals surface area (Å²) in [7, 11) is 3.26. The minimum absolute atomic E-state index is 0.0876. The molecular weight excluding hydrogens is 328 g/mol. The lowest BCUT2D eigenvalue weighted by molar-refractivity contribution is 0.354. The van der Waals surface area contributed by atoms with Gasteiger partial charge in [-0.1, -0.05) is 45.7 Å². The highest BCUT2D eigenvalue weighted by atomic mass is 79.9. The number of halogens is 2. The maximum Gasteiger partial charge on any atom is 0.161 e. The van der Waals surface area contributed by atoms with Crippen molar-refractivity contribution in [3.05, 3.63) is 58.6 Å². The van der Waals surface area contributed by atoms with E-state index in [2.05, 4.69) is 15.9 Å². The normalized spacial score (nSPS) is 12.0. The molecule has 0 aliphatic heterocycles. The fraction of sp³-hybridized carbons (Fsp3) is 0.200. The van der Waals surface area contributed by atoms with Gasteiger partial charge in [0, 0.05) is 5.02 Å². The third-order valence-electron chi connectivity index (χ3n) is 2.86. The Labute approximate surface area is 126 Å². The molecule has 0 saturated carbocycles. The highest BCUT2D eigenvalue weighted by Gasteiger charge is 2.13. The summed E-state index contributed by atoms with van der Waals surface area (Å²) in [6.45, 7) is 0. The van der Waals surface area contributed by atoms with Crippen LogP contribution in [0.15, 0.2) is 42.5 Å². The van der Waals surface area contributed by atoms with Gasteiger partial charge >= 0.3 is 0 Å². The molecule has 0 aromatic heterocycles. The number of hydrogen-bond acceptors (Lipinski definition) is 2. The number of methoxy groups -OCH3 is 2. The standard InChI is InChI=1S/C15H14BrClO2/c1-18-13-8-5-11(9-14(13)19-2)15(16)10-3-6-12(17)7-4-10/h3-9,15H,1-2H3. The summed E-state index contributed by atoms with van der Waals surface area (Å²) in [6.07, 6.45) is 0. The Bertz CT molecular complexity index is 555. The Morgan fingerprint density at radius 1 is 0.895 bits per heavy atom. The van der Waals surface area contributed by atoms with E-state index in [0.29, 0.717) is 0 Å². The first-order valence-corrected chi connectivity index (χ1v) is 7.06. The van der Waals surface area contributed by atoms with Crippen molar-refractivity contribution in [1.82, 2.24) is 0 Å². The fourth-order valence-electron chi connectivity index (χ4n) is 1.83. The topological polar surface area (TPSA) is 18.5 Å². The highest BCUT2D eigenvalue weighted by Crippen LogP contribution is 2.36. The van der Waals surface area contributed by atoms with Crippen molar-refractivity contribution < 1.29 is 9.47 Å². The van der Waals surface area contributed by atoms with Crippen LogP contribution < -0.4 is 9.47 Å². The molecule has 0 aliphatic rings. The van der Waals surface area contributed by atoms with Crippen LogP contribution in [0.5, 0.6) is 11.5 Å². The van der Waals surface area contributed by atoms with Crippen molar-refractivity contribution in [1.29, 1.82) is 0 Å². The summed E-state index contributed by atoms with van der Waals surface area (Å²) in [5, 5.41) is 0.732. The second kappa shape index (κ2) is 6.31. The summed E-state index contributed by atoms with van der Waals surface area (Å²) < 4.78 is 10.5. The third-order valence-corrected chi connectivity index (χ3v) is 4.17. The van der Waals surface area contributed by atoms with E-state index < -0.39 is 0 Å². The monoisotopic (exact) mass is 340 g/mol. The maximum atomic E-state index is 5.90. The third kappa shape index (κ3) is 3.23. The van der Waals surface area contributed by atoms with E-state index in [1.54, 1.807) is 14.2 Å². The van der Waals surface area contributed by atoms with Gasteiger partial charge in [-0.15, -0.1) is 0 Å². The van der Waals surface area contributed by atoms with E-state index in [-0.39, 0.29) is 4.83 Å². The summed E-state index contributed by atoms with van der Waals surface area (Å²) in [5.41, 5.74) is 2.23. The lowest BCUT2D eigenvalue weighted by Gasteiger charge is -2.14. The summed E-state index contributed by atoms with van der Waals surface area (Å²) in [5.74, 6) is 1.44. The number of alkyl halides is 1. The predicted molar refractivity (Wildman–Crippen MR) is 81.8 cm³/mol. The largest absolute Gasteiger partial charge is 0.493 e. The first kappa shape index (κ1) is 14.2. The molecule has 0 saturated heterocycles. The molecule has 0 heterocycles. The molecule has 4 heteroatoms. The lowest BCUT2D eigenvalue weighted by Crippen LogP contribution is -1.96. The van der Waals surface area contributed by atoms with E-state index >= 15 is 0 Å². The molecule has 0 fully saturated rings. The van der Waals surface area contributed by atoms with E-state index in [4.69, 9.17) is 21.1 Å². The molecule has 1 atom stereocenters. The second-order valence-corrected chi connectivity index (χ2v) is 5.38. The molecule has 1 unspecified atom stereocenters. The first-order chi connectivity index (χ1) is 9.15. The van der Waals surface area contributed by atoms with Crippen LogP contribution in [0, 0.1) is 0 Å². The molecule has 0 spiro atoms. The SMILES string of the molecule is COc1ccc(C(Br)c2ccc(Cl)cc2)cc1OC. The van der Waals surface area contributed by atoms with Crippen LogP contribution in [0.3, 0.4) is 0 Å². The summed E-state index contributed by atoms with van der Waals surface area (Å²) in [6, 6.07) is 13.6. The van der Waals surface area contributed by atoms with Crippen LogP contribution in [0.4, 0.5) is 0 Å². The number of hydrogen-bond donors (Lipinski definition) is 0. The van der Waals surface area contributed by atoms with E-state index in [9.17, 15) is 0 Å². The minimum atomic E-state index is 0.0876. The minimum Gasteiger partial charge on any atom is -0.493 e. The number of rotatable bonds is 4. The van der Waals surface area contributed by atoms with Crippen molar-refractivity contribution in [2.75, 3.05) is 14.2 Å². The van der Waals surface area contributed by atoms with Gasteiger partial charge in [-0.05, 0) is 35.4 Å². The molecule has 100 valence electrons. The van der Waals surface area contributed by atoms with E-state index in [1.165, 1.54) is 0 Å². The second-order valence-electron chi connectivity index (χ2n) is 4.03. The first-order valence-electron chi connectivity index (χ1n) is 5.77. The predicted octanol–water partition coefficient (Wildman–Crippen LogP) is 4.84. The van der Waals surface area contributed by atoms with Crippen LogP contribution in [0.2, 0.25) is 5.02 Å². The zero-order valence-corrected chi connectivity index (χ0v) is 13.0. The van der Waals surface area contributed by atoms with Gasteiger partial charge in [0.2, 0.25) is 0 Å². The summed E-state index contributed by atoms with van der Waals surface area (Å²) >= 11 is 9.59. The molecule has 0 N–H and O–H groups in total. The van der Waals surface area contributed by atoms with Gasteiger partial charge in [0.15, 0.2) is 11.5 Å².